The number of imidazole rings is 1. The van der Waals surface area contributed by atoms with E-state index in [1.54, 1.807) is 0 Å². The van der Waals surface area contributed by atoms with Gasteiger partial charge in [0.1, 0.15) is 11.3 Å². The van der Waals surface area contributed by atoms with Gasteiger partial charge in [0.15, 0.2) is 5.65 Å². The quantitative estimate of drug-likeness (QED) is 0.853. The summed E-state index contributed by atoms with van der Waals surface area (Å²) >= 11 is 0. The van der Waals surface area contributed by atoms with Crippen LogP contribution in [-0.2, 0) is 0 Å². The summed E-state index contributed by atoms with van der Waals surface area (Å²) in [6.45, 7) is 3.23. The lowest BCUT2D eigenvalue weighted by Gasteiger charge is -2.18. The predicted molar refractivity (Wildman–Crippen MR) is 74.0 cm³/mol. The number of hydrogen-bond acceptors (Lipinski definition) is 4. The average Bonchev–Trinajstić information content (AvgIpc) is 3.17. The highest BCUT2D eigenvalue weighted by atomic mass is 15.3. The van der Waals surface area contributed by atoms with Gasteiger partial charge in [-0.25, -0.2) is 9.97 Å². The van der Waals surface area contributed by atoms with Gasteiger partial charge in [-0.3, -0.25) is 9.88 Å². The van der Waals surface area contributed by atoms with E-state index in [1.807, 2.05) is 12.3 Å². The largest absolute Gasteiger partial charge is 0.316 e. The van der Waals surface area contributed by atoms with Gasteiger partial charge < -0.3 is 5.32 Å². The standard InChI is InChI=1S/C14H19N5/c1-3-11-14(17-7-1)19(12-4-2-6-16-12)13(18-11)10-5-8-15-9-10/h1,3,7,10,12,15-16H,2,4-6,8-9H2. The molecule has 0 aliphatic carbocycles. The molecular weight excluding hydrogens is 238 g/mol. The number of pyridine rings is 1. The number of aromatic nitrogens is 3. The Morgan fingerprint density at radius 3 is 3.05 bits per heavy atom. The summed E-state index contributed by atoms with van der Waals surface area (Å²) in [4.78, 5) is 9.42. The lowest BCUT2D eigenvalue weighted by atomic mass is 10.1. The van der Waals surface area contributed by atoms with Gasteiger partial charge in [-0.1, -0.05) is 0 Å². The molecule has 0 bridgehead atoms. The fraction of sp³-hybridized carbons (Fsp3) is 0.571. The van der Waals surface area contributed by atoms with E-state index in [0.717, 1.165) is 30.8 Å². The van der Waals surface area contributed by atoms with Gasteiger partial charge in [-0.05, 0) is 44.5 Å². The van der Waals surface area contributed by atoms with Crippen LogP contribution in [0.5, 0.6) is 0 Å². The van der Waals surface area contributed by atoms with Crippen molar-refractivity contribution in [2.45, 2.75) is 31.3 Å². The highest BCUT2D eigenvalue weighted by Gasteiger charge is 2.28. The Balaban J connectivity index is 1.87. The van der Waals surface area contributed by atoms with E-state index in [0.29, 0.717) is 12.1 Å². The fourth-order valence-electron chi connectivity index (χ4n) is 3.30. The number of hydrogen-bond donors (Lipinski definition) is 2. The lowest BCUT2D eigenvalue weighted by molar-refractivity contribution is 0.449. The maximum Gasteiger partial charge on any atom is 0.161 e. The van der Waals surface area contributed by atoms with E-state index < -0.39 is 0 Å². The highest BCUT2D eigenvalue weighted by molar-refractivity contribution is 5.71. The molecule has 0 amide bonds. The van der Waals surface area contributed by atoms with Crippen LogP contribution in [0.15, 0.2) is 18.3 Å². The third kappa shape index (κ3) is 1.84. The molecule has 0 saturated carbocycles. The first-order chi connectivity index (χ1) is 9.43. The van der Waals surface area contributed by atoms with Crippen molar-refractivity contribution in [3.8, 4) is 0 Å². The molecule has 2 N–H and O–H groups in total. The van der Waals surface area contributed by atoms with Gasteiger partial charge in [-0.2, -0.15) is 0 Å². The molecule has 4 rings (SSSR count). The molecule has 2 unspecified atom stereocenters. The second kappa shape index (κ2) is 4.58. The van der Waals surface area contributed by atoms with E-state index in [9.17, 15) is 0 Å². The molecule has 4 heterocycles. The third-order valence-corrected chi connectivity index (χ3v) is 4.25. The van der Waals surface area contributed by atoms with Crippen molar-refractivity contribution in [1.29, 1.82) is 0 Å². The first-order valence-corrected chi connectivity index (χ1v) is 7.20. The summed E-state index contributed by atoms with van der Waals surface area (Å²) in [5, 5.41) is 7.02. The maximum atomic E-state index is 4.86. The van der Waals surface area contributed by atoms with Crippen molar-refractivity contribution >= 4 is 11.2 Å². The third-order valence-electron chi connectivity index (χ3n) is 4.25. The molecule has 2 atom stereocenters. The average molecular weight is 257 g/mol. The van der Waals surface area contributed by atoms with Gasteiger partial charge >= 0.3 is 0 Å². The van der Waals surface area contributed by atoms with Gasteiger partial charge in [0.05, 0.1) is 6.17 Å². The monoisotopic (exact) mass is 257 g/mol. The van der Waals surface area contributed by atoms with Crippen LogP contribution in [0.3, 0.4) is 0 Å². The first kappa shape index (κ1) is 11.4. The topological polar surface area (TPSA) is 54.8 Å². The van der Waals surface area contributed by atoms with Crippen molar-refractivity contribution in [3.63, 3.8) is 0 Å². The Morgan fingerprint density at radius 2 is 2.26 bits per heavy atom. The molecule has 2 aliphatic heterocycles. The van der Waals surface area contributed by atoms with E-state index in [1.165, 1.54) is 25.1 Å². The second-order valence-electron chi connectivity index (χ2n) is 5.49. The predicted octanol–water partition coefficient (Wildman–Crippen LogP) is 1.39. The number of nitrogens with one attached hydrogen (secondary N) is 2. The summed E-state index contributed by atoms with van der Waals surface area (Å²) in [6, 6.07) is 4.04. The van der Waals surface area contributed by atoms with Crippen LogP contribution in [0.4, 0.5) is 0 Å². The summed E-state index contributed by atoms with van der Waals surface area (Å²) in [5.41, 5.74) is 2.06. The molecule has 2 aromatic rings. The van der Waals surface area contributed by atoms with E-state index in [2.05, 4.69) is 26.3 Å². The molecule has 2 aromatic heterocycles. The Bertz CT molecular complexity index is 579. The van der Waals surface area contributed by atoms with Crippen molar-refractivity contribution in [2.24, 2.45) is 0 Å². The zero-order valence-electron chi connectivity index (χ0n) is 11.0. The maximum absolute atomic E-state index is 4.86. The van der Waals surface area contributed by atoms with Crippen LogP contribution in [0, 0.1) is 0 Å². The number of rotatable bonds is 2. The molecule has 2 fully saturated rings. The van der Waals surface area contributed by atoms with Crippen LogP contribution in [-0.4, -0.2) is 34.2 Å². The van der Waals surface area contributed by atoms with E-state index >= 15 is 0 Å². The lowest BCUT2D eigenvalue weighted by Crippen LogP contribution is -2.24. The van der Waals surface area contributed by atoms with Crippen LogP contribution in [0.2, 0.25) is 0 Å². The minimum atomic E-state index is 0.371. The Kier molecular flexibility index (Phi) is 2.74. The second-order valence-corrected chi connectivity index (χ2v) is 5.49. The Morgan fingerprint density at radius 1 is 1.26 bits per heavy atom. The SMILES string of the molecule is c1cnc2c(c1)nc(C1CCNC1)n2C1CCCN1. The van der Waals surface area contributed by atoms with Crippen molar-refractivity contribution in [3.05, 3.63) is 24.2 Å². The molecular formula is C14H19N5. The van der Waals surface area contributed by atoms with E-state index in [-0.39, 0.29) is 0 Å². The molecule has 2 aliphatic rings. The molecule has 0 radical (unpaired) electrons. The smallest absolute Gasteiger partial charge is 0.161 e. The normalized spacial score (nSPS) is 27.4. The number of fused-ring (bicyclic) bond motifs is 1. The molecule has 0 aromatic carbocycles. The fourth-order valence-corrected chi connectivity index (χ4v) is 3.30. The zero-order chi connectivity index (χ0) is 12.7. The minimum Gasteiger partial charge on any atom is -0.316 e. The van der Waals surface area contributed by atoms with Gasteiger partial charge in [0.25, 0.3) is 0 Å². The summed E-state index contributed by atoms with van der Waals surface area (Å²) < 4.78 is 2.35. The molecule has 100 valence electrons. The minimum absolute atomic E-state index is 0.371. The summed E-state index contributed by atoms with van der Waals surface area (Å²) in [7, 11) is 0. The molecule has 5 nitrogen and oxygen atoms in total. The van der Waals surface area contributed by atoms with Crippen molar-refractivity contribution in [2.75, 3.05) is 19.6 Å². The van der Waals surface area contributed by atoms with Gasteiger partial charge in [-0.15, -0.1) is 0 Å². The number of nitrogens with zero attached hydrogens (tertiary/aromatic N) is 3. The van der Waals surface area contributed by atoms with Crippen molar-refractivity contribution < 1.29 is 0 Å². The Labute approximate surface area is 112 Å². The van der Waals surface area contributed by atoms with Gasteiger partial charge in [0.2, 0.25) is 0 Å². The molecule has 19 heavy (non-hydrogen) atoms. The van der Waals surface area contributed by atoms with Crippen LogP contribution in [0.25, 0.3) is 11.2 Å². The van der Waals surface area contributed by atoms with Crippen molar-refractivity contribution in [1.82, 2.24) is 25.2 Å². The van der Waals surface area contributed by atoms with Crippen LogP contribution in [0.1, 0.15) is 37.2 Å². The molecule has 5 heteroatoms. The van der Waals surface area contributed by atoms with Crippen LogP contribution >= 0.6 is 0 Å². The molecule has 2 saturated heterocycles. The highest BCUT2D eigenvalue weighted by Crippen LogP contribution is 2.30. The Hall–Kier alpha value is -1.46. The zero-order valence-corrected chi connectivity index (χ0v) is 11.0. The van der Waals surface area contributed by atoms with Gasteiger partial charge in [0, 0.05) is 18.7 Å². The van der Waals surface area contributed by atoms with E-state index in [4.69, 9.17) is 4.98 Å². The summed E-state index contributed by atoms with van der Waals surface area (Å²) in [5.74, 6) is 1.73. The first-order valence-electron chi connectivity index (χ1n) is 7.20. The molecule has 0 spiro atoms. The summed E-state index contributed by atoms with van der Waals surface area (Å²) in [6.07, 6.45) is 5.83. The van der Waals surface area contributed by atoms with Crippen LogP contribution < -0.4 is 10.6 Å².